The largest absolute Gasteiger partial charge is 0.307 e. The van der Waals surface area contributed by atoms with E-state index in [-0.39, 0.29) is 0 Å². The van der Waals surface area contributed by atoms with E-state index in [0.717, 1.165) is 18.5 Å². The van der Waals surface area contributed by atoms with Gasteiger partial charge < -0.3 is 9.88 Å². The molecule has 2 unspecified atom stereocenters. The third-order valence-electron chi connectivity index (χ3n) is 3.54. The average Bonchev–Trinajstić information content (AvgIpc) is 3.01. The zero-order chi connectivity index (χ0) is 14.4. The van der Waals surface area contributed by atoms with E-state index >= 15 is 0 Å². The minimum Gasteiger partial charge on any atom is -0.307 e. The highest BCUT2D eigenvalue weighted by Crippen LogP contribution is 2.17. The van der Waals surface area contributed by atoms with Crippen LogP contribution in [0.4, 0.5) is 0 Å². The Labute approximate surface area is 121 Å². The first-order valence-corrected chi connectivity index (χ1v) is 7.02. The maximum absolute atomic E-state index is 5.39. The Bertz CT molecular complexity index is 549. The molecule has 2 atom stereocenters. The lowest BCUT2D eigenvalue weighted by Gasteiger charge is -2.21. The fourth-order valence-corrected chi connectivity index (χ4v) is 2.26. The maximum atomic E-state index is 5.39. The van der Waals surface area contributed by atoms with E-state index < -0.39 is 0 Å². The van der Waals surface area contributed by atoms with Crippen molar-refractivity contribution in [3.63, 3.8) is 0 Å². The summed E-state index contributed by atoms with van der Waals surface area (Å²) in [4.78, 5) is 4.06. The molecule has 0 fully saturated rings. The highest BCUT2D eigenvalue weighted by molar-refractivity contribution is 5.35. The second-order valence-corrected chi connectivity index (χ2v) is 4.96. The van der Waals surface area contributed by atoms with Gasteiger partial charge in [-0.3, -0.25) is 0 Å². The lowest BCUT2D eigenvalue weighted by molar-refractivity contribution is 0.449. The first kappa shape index (κ1) is 14.4. The molecule has 1 aromatic carbocycles. The van der Waals surface area contributed by atoms with Crippen molar-refractivity contribution in [2.24, 2.45) is 0 Å². The Balaban J connectivity index is 2.04. The molecule has 2 rings (SSSR count). The molecule has 3 nitrogen and oxygen atoms in total. The number of imidazole rings is 1. The van der Waals surface area contributed by atoms with Gasteiger partial charge in [-0.1, -0.05) is 19.1 Å². The van der Waals surface area contributed by atoms with Gasteiger partial charge in [-0.05, 0) is 31.0 Å². The minimum atomic E-state index is 0.296. The Kier molecular flexibility index (Phi) is 4.97. The van der Waals surface area contributed by atoms with Crippen LogP contribution in [0.15, 0.2) is 43.0 Å². The predicted octanol–water partition coefficient (Wildman–Crippen LogP) is 3.32. The van der Waals surface area contributed by atoms with Gasteiger partial charge in [0.2, 0.25) is 0 Å². The summed E-state index contributed by atoms with van der Waals surface area (Å²) in [7, 11) is 0. The van der Waals surface area contributed by atoms with Crippen LogP contribution in [0.3, 0.4) is 0 Å². The fourth-order valence-electron chi connectivity index (χ4n) is 2.26. The van der Waals surface area contributed by atoms with Gasteiger partial charge in [0.25, 0.3) is 0 Å². The number of hydrogen-bond donors (Lipinski definition) is 1. The van der Waals surface area contributed by atoms with Gasteiger partial charge in [-0.25, -0.2) is 4.98 Å². The molecule has 0 aliphatic rings. The van der Waals surface area contributed by atoms with Crippen molar-refractivity contribution in [1.82, 2.24) is 14.9 Å². The number of nitrogens with one attached hydrogen (secondary N) is 1. The molecule has 0 amide bonds. The van der Waals surface area contributed by atoms with Gasteiger partial charge in [0.1, 0.15) is 0 Å². The van der Waals surface area contributed by atoms with E-state index in [0.29, 0.717) is 12.1 Å². The normalized spacial score (nSPS) is 13.7. The molecule has 0 saturated heterocycles. The summed E-state index contributed by atoms with van der Waals surface area (Å²) < 4.78 is 2.00. The summed E-state index contributed by atoms with van der Waals surface area (Å²) in [5.74, 6) is 2.73. The van der Waals surface area contributed by atoms with Crippen molar-refractivity contribution in [3.8, 4) is 18.0 Å². The molecule has 0 aliphatic carbocycles. The Hall–Kier alpha value is -2.05. The van der Waals surface area contributed by atoms with Crippen molar-refractivity contribution in [2.75, 3.05) is 0 Å². The number of nitrogens with zero attached hydrogens (tertiary/aromatic N) is 2. The molecular formula is C17H21N3. The first-order valence-electron chi connectivity index (χ1n) is 7.02. The topological polar surface area (TPSA) is 29.9 Å². The van der Waals surface area contributed by atoms with Crippen molar-refractivity contribution in [3.05, 3.63) is 48.5 Å². The smallest absolute Gasteiger partial charge is 0.0991 e. The molecule has 0 aliphatic heterocycles. The van der Waals surface area contributed by atoms with Crippen LogP contribution in [0.2, 0.25) is 0 Å². The summed E-state index contributed by atoms with van der Waals surface area (Å²) in [5.41, 5.74) is 2.39. The van der Waals surface area contributed by atoms with Crippen LogP contribution in [-0.2, 0) is 0 Å². The molecule has 0 bridgehead atoms. The van der Waals surface area contributed by atoms with E-state index in [9.17, 15) is 0 Å². The summed E-state index contributed by atoms with van der Waals surface area (Å²) in [6.07, 6.45) is 12.7. The summed E-state index contributed by atoms with van der Waals surface area (Å²) >= 11 is 0. The molecule has 0 spiro atoms. The summed E-state index contributed by atoms with van der Waals surface area (Å²) in [6.45, 7) is 4.33. The molecule has 0 radical (unpaired) electrons. The van der Waals surface area contributed by atoms with Gasteiger partial charge in [0.15, 0.2) is 0 Å². The van der Waals surface area contributed by atoms with E-state index in [1.54, 1.807) is 12.5 Å². The van der Waals surface area contributed by atoms with Gasteiger partial charge >= 0.3 is 0 Å². The fraction of sp³-hybridized carbons (Fsp3) is 0.353. The number of rotatable bonds is 6. The zero-order valence-electron chi connectivity index (χ0n) is 12.1. The molecule has 20 heavy (non-hydrogen) atoms. The third kappa shape index (κ3) is 3.49. The zero-order valence-corrected chi connectivity index (χ0v) is 12.1. The van der Waals surface area contributed by atoms with E-state index in [2.05, 4.69) is 54.3 Å². The van der Waals surface area contributed by atoms with Crippen LogP contribution >= 0.6 is 0 Å². The van der Waals surface area contributed by atoms with Crippen LogP contribution in [0, 0.1) is 12.3 Å². The molecule has 2 aromatic rings. The van der Waals surface area contributed by atoms with Crippen LogP contribution < -0.4 is 5.32 Å². The second kappa shape index (κ2) is 6.93. The molecule has 3 heteroatoms. The van der Waals surface area contributed by atoms with Gasteiger partial charge in [-0.15, -0.1) is 12.3 Å². The number of benzene rings is 1. The monoisotopic (exact) mass is 267 g/mol. The molecule has 1 aromatic heterocycles. The molecule has 104 valence electrons. The van der Waals surface area contributed by atoms with E-state index in [1.165, 1.54) is 5.56 Å². The molecule has 1 N–H and O–H groups in total. The maximum Gasteiger partial charge on any atom is 0.0991 e. The first-order chi connectivity index (χ1) is 9.74. The lowest BCUT2D eigenvalue weighted by atomic mass is 10.0. The van der Waals surface area contributed by atoms with Crippen LogP contribution in [0.5, 0.6) is 0 Å². The quantitative estimate of drug-likeness (QED) is 0.814. The van der Waals surface area contributed by atoms with Crippen molar-refractivity contribution < 1.29 is 0 Å². The highest BCUT2D eigenvalue weighted by Gasteiger charge is 2.11. The van der Waals surface area contributed by atoms with Gasteiger partial charge in [-0.2, -0.15) is 0 Å². The average molecular weight is 267 g/mol. The number of hydrogen-bond acceptors (Lipinski definition) is 2. The van der Waals surface area contributed by atoms with Crippen LogP contribution in [0.1, 0.15) is 38.3 Å². The highest BCUT2D eigenvalue weighted by atomic mass is 15.0. The summed E-state index contributed by atoms with van der Waals surface area (Å²) in [6, 6.07) is 9.19. The SMILES string of the molecule is C#CCC(CC)NC(C)c1ccc(-n2ccnc2)cc1. The van der Waals surface area contributed by atoms with Crippen molar-refractivity contribution in [2.45, 2.75) is 38.8 Å². The van der Waals surface area contributed by atoms with Gasteiger partial charge in [0.05, 0.1) is 6.33 Å². The standard InChI is InChI=1S/C17H21N3/c1-4-6-16(5-2)19-14(3)15-7-9-17(10-8-15)20-12-11-18-13-20/h1,7-14,16,19H,5-6H2,2-3H3. The molecular weight excluding hydrogens is 246 g/mol. The third-order valence-corrected chi connectivity index (χ3v) is 3.54. The van der Waals surface area contributed by atoms with Gasteiger partial charge in [0, 0.05) is 36.6 Å². The Morgan fingerprint density at radius 2 is 2.10 bits per heavy atom. The number of terminal acetylenes is 1. The van der Waals surface area contributed by atoms with E-state index in [4.69, 9.17) is 6.42 Å². The Morgan fingerprint density at radius 1 is 1.35 bits per heavy atom. The predicted molar refractivity (Wildman–Crippen MR) is 82.6 cm³/mol. The lowest BCUT2D eigenvalue weighted by Crippen LogP contribution is -2.30. The molecule has 0 saturated carbocycles. The second-order valence-electron chi connectivity index (χ2n) is 4.96. The van der Waals surface area contributed by atoms with Crippen molar-refractivity contribution in [1.29, 1.82) is 0 Å². The van der Waals surface area contributed by atoms with Crippen LogP contribution in [0.25, 0.3) is 5.69 Å². The Morgan fingerprint density at radius 3 is 2.65 bits per heavy atom. The van der Waals surface area contributed by atoms with E-state index in [1.807, 2.05) is 10.8 Å². The van der Waals surface area contributed by atoms with Crippen molar-refractivity contribution >= 4 is 0 Å². The number of aromatic nitrogens is 2. The minimum absolute atomic E-state index is 0.296. The molecule has 1 heterocycles. The van der Waals surface area contributed by atoms with Crippen LogP contribution in [-0.4, -0.2) is 15.6 Å². The summed E-state index contributed by atoms with van der Waals surface area (Å²) in [5, 5.41) is 3.58.